The molecule has 3 rings (SSSR count). The molecule has 1 atom stereocenters. The van der Waals surface area contributed by atoms with Crippen molar-refractivity contribution in [2.75, 3.05) is 20.2 Å². The number of halogens is 1. The van der Waals surface area contributed by atoms with Crippen LogP contribution >= 0.6 is 27.3 Å². The van der Waals surface area contributed by atoms with Gasteiger partial charge >= 0.3 is 0 Å². The first kappa shape index (κ1) is 20.3. The van der Waals surface area contributed by atoms with Crippen LogP contribution in [0.2, 0.25) is 0 Å². The number of hydrogen-bond donors (Lipinski definition) is 1. The Morgan fingerprint density at radius 1 is 1.33 bits per heavy atom. The van der Waals surface area contributed by atoms with Gasteiger partial charge in [-0.05, 0) is 47.0 Å². The summed E-state index contributed by atoms with van der Waals surface area (Å²) in [5.74, 6) is 0.230. The minimum atomic E-state index is -3.56. The fourth-order valence-corrected chi connectivity index (χ4v) is 6.80. The molecule has 1 aliphatic heterocycles. The number of nitrogens with zero attached hydrogens (tertiary/aromatic N) is 1. The lowest BCUT2D eigenvalue weighted by atomic mass is 9.98. The van der Waals surface area contributed by atoms with Crippen molar-refractivity contribution < 1.29 is 17.9 Å². The Labute approximate surface area is 171 Å². The number of carbonyl (C=O) groups excluding carboxylic acids is 1. The fraction of sp³-hybridized carbons (Fsp3) is 0.389. The molecular weight excluding hydrogens is 452 g/mol. The summed E-state index contributed by atoms with van der Waals surface area (Å²) in [6.45, 7) is 0.994. The van der Waals surface area contributed by atoms with Crippen LogP contribution in [0.5, 0.6) is 5.75 Å². The first-order chi connectivity index (χ1) is 12.9. The molecule has 27 heavy (non-hydrogen) atoms. The van der Waals surface area contributed by atoms with Crippen molar-refractivity contribution in [2.24, 2.45) is 5.92 Å². The Hall–Kier alpha value is -1.42. The number of ether oxygens (including phenoxy) is 1. The van der Waals surface area contributed by atoms with Gasteiger partial charge in [-0.1, -0.05) is 18.2 Å². The predicted octanol–water partition coefficient (Wildman–Crippen LogP) is 3.24. The normalized spacial score (nSPS) is 18.2. The molecule has 2 aromatic rings. The lowest BCUT2D eigenvalue weighted by molar-refractivity contribution is -0.126. The number of sulfonamides is 1. The second kappa shape index (κ2) is 8.72. The Morgan fingerprint density at radius 3 is 2.81 bits per heavy atom. The number of methoxy groups -OCH3 is 1. The topological polar surface area (TPSA) is 75.7 Å². The quantitative estimate of drug-likeness (QED) is 0.699. The summed E-state index contributed by atoms with van der Waals surface area (Å²) >= 11 is 4.48. The Kier molecular flexibility index (Phi) is 6.56. The Morgan fingerprint density at radius 2 is 2.11 bits per heavy atom. The zero-order valence-corrected chi connectivity index (χ0v) is 18.1. The third kappa shape index (κ3) is 4.71. The minimum absolute atomic E-state index is 0.131. The summed E-state index contributed by atoms with van der Waals surface area (Å²) in [7, 11) is -1.97. The molecule has 1 aliphatic rings. The maximum absolute atomic E-state index is 12.8. The first-order valence-corrected chi connectivity index (χ1v) is 11.6. The number of hydrogen-bond acceptors (Lipinski definition) is 5. The van der Waals surface area contributed by atoms with Crippen LogP contribution in [-0.2, 0) is 21.4 Å². The van der Waals surface area contributed by atoms with Gasteiger partial charge in [-0.3, -0.25) is 4.79 Å². The number of para-hydroxylation sites is 1. The van der Waals surface area contributed by atoms with Crippen molar-refractivity contribution in [1.82, 2.24) is 9.62 Å². The molecule has 2 heterocycles. The standard InChI is InChI=1S/C18H21BrN2O4S2/c1-25-15-7-3-2-5-13(15)11-20-18(22)14-6-4-10-21(12-14)27(23,24)17-9-8-16(19)26-17/h2-3,5,7-9,14H,4,6,10-12H2,1H3,(H,20,22)/t14-/m0/s1. The van der Waals surface area contributed by atoms with Crippen LogP contribution in [-0.4, -0.2) is 38.8 Å². The van der Waals surface area contributed by atoms with E-state index in [1.165, 1.54) is 15.6 Å². The molecule has 0 radical (unpaired) electrons. The predicted molar refractivity (Wildman–Crippen MR) is 108 cm³/mol. The van der Waals surface area contributed by atoms with E-state index in [1.807, 2.05) is 24.3 Å². The summed E-state index contributed by atoms with van der Waals surface area (Å²) in [5.41, 5.74) is 0.886. The van der Waals surface area contributed by atoms with Gasteiger partial charge in [-0.15, -0.1) is 11.3 Å². The van der Waals surface area contributed by atoms with E-state index in [0.29, 0.717) is 35.9 Å². The van der Waals surface area contributed by atoms with Crippen molar-refractivity contribution in [3.05, 3.63) is 45.7 Å². The largest absolute Gasteiger partial charge is 0.496 e. The molecule has 1 aromatic heterocycles. The van der Waals surface area contributed by atoms with Gasteiger partial charge < -0.3 is 10.1 Å². The number of rotatable bonds is 6. The third-order valence-electron chi connectivity index (χ3n) is 4.54. The SMILES string of the molecule is COc1ccccc1CNC(=O)[C@H]1CCCN(S(=O)(=O)c2ccc(Br)s2)C1. The molecule has 1 aromatic carbocycles. The van der Waals surface area contributed by atoms with Crippen molar-refractivity contribution in [1.29, 1.82) is 0 Å². The van der Waals surface area contributed by atoms with E-state index in [1.54, 1.807) is 19.2 Å². The second-order valence-corrected chi connectivity index (χ2v) is 10.9. The average molecular weight is 473 g/mol. The van der Waals surface area contributed by atoms with E-state index in [-0.39, 0.29) is 18.4 Å². The van der Waals surface area contributed by atoms with E-state index in [4.69, 9.17) is 4.74 Å². The fourth-order valence-electron chi connectivity index (χ4n) is 3.11. The Balaban J connectivity index is 1.64. The number of nitrogens with one attached hydrogen (secondary N) is 1. The zero-order chi connectivity index (χ0) is 19.4. The molecular formula is C18H21BrN2O4S2. The smallest absolute Gasteiger partial charge is 0.252 e. The zero-order valence-electron chi connectivity index (χ0n) is 14.9. The molecule has 1 amide bonds. The van der Waals surface area contributed by atoms with Gasteiger partial charge in [-0.2, -0.15) is 4.31 Å². The molecule has 1 N–H and O–H groups in total. The van der Waals surface area contributed by atoms with Crippen LogP contribution in [0, 0.1) is 5.92 Å². The molecule has 0 bridgehead atoms. The molecule has 9 heteroatoms. The third-order valence-corrected chi connectivity index (χ3v) is 8.50. The highest BCUT2D eigenvalue weighted by atomic mass is 79.9. The lowest BCUT2D eigenvalue weighted by Crippen LogP contribution is -2.45. The van der Waals surface area contributed by atoms with Gasteiger partial charge in [0.05, 0.1) is 16.8 Å². The van der Waals surface area contributed by atoms with Gasteiger partial charge in [0.1, 0.15) is 9.96 Å². The number of benzene rings is 1. The molecule has 1 saturated heterocycles. The summed E-state index contributed by atoms with van der Waals surface area (Å²) in [6, 6.07) is 10.8. The van der Waals surface area contributed by atoms with Crippen LogP contribution in [0.1, 0.15) is 18.4 Å². The molecule has 6 nitrogen and oxygen atoms in total. The summed E-state index contributed by atoms with van der Waals surface area (Å²) in [6.07, 6.45) is 1.34. The van der Waals surface area contributed by atoms with Crippen LogP contribution in [0.3, 0.4) is 0 Å². The second-order valence-electron chi connectivity index (χ2n) is 6.29. The summed E-state index contributed by atoms with van der Waals surface area (Å²) in [5, 5.41) is 2.91. The van der Waals surface area contributed by atoms with E-state index in [0.717, 1.165) is 9.35 Å². The lowest BCUT2D eigenvalue weighted by Gasteiger charge is -2.30. The number of piperidine rings is 1. The number of thiophene rings is 1. The van der Waals surface area contributed by atoms with Crippen molar-refractivity contribution in [3.8, 4) is 5.75 Å². The highest BCUT2D eigenvalue weighted by Gasteiger charge is 2.34. The molecule has 1 fully saturated rings. The van der Waals surface area contributed by atoms with Gasteiger partial charge in [0, 0.05) is 25.2 Å². The monoisotopic (exact) mass is 472 g/mol. The first-order valence-electron chi connectivity index (χ1n) is 8.57. The van der Waals surface area contributed by atoms with Crippen molar-refractivity contribution >= 4 is 43.2 Å². The van der Waals surface area contributed by atoms with Gasteiger partial charge in [0.25, 0.3) is 10.0 Å². The average Bonchev–Trinajstić information content (AvgIpc) is 3.13. The van der Waals surface area contributed by atoms with E-state index >= 15 is 0 Å². The van der Waals surface area contributed by atoms with E-state index in [2.05, 4.69) is 21.2 Å². The van der Waals surface area contributed by atoms with E-state index < -0.39 is 10.0 Å². The Bertz CT molecular complexity index is 914. The van der Waals surface area contributed by atoms with Crippen molar-refractivity contribution in [3.63, 3.8) is 0 Å². The van der Waals surface area contributed by atoms with Crippen LogP contribution < -0.4 is 10.1 Å². The van der Waals surface area contributed by atoms with Gasteiger partial charge in [0.2, 0.25) is 5.91 Å². The van der Waals surface area contributed by atoms with Gasteiger partial charge in [-0.25, -0.2) is 8.42 Å². The van der Waals surface area contributed by atoms with Crippen molar-refractivity contribution in [2.45, 2.75) is 23.6 Å². The molecule has 0 spiro atoms. The maximum atomic E-state index is 12.8. The molecule has 146 valence electrons. The number of carbonyl (C=O) groups is 1. The molecule has 0 saturated carbocycles. The minimum Gasteiger partial charge on any atom is -0.496 e. The van der Waals surface area contributed by atoms with Crippen LogP contribution in [0.25, 0.3) is 0 Å². The van der Waals surface area contributed by atoms with E-state index in [9.17, 15) is 13.2 Å². The number of amides is 1. The molecule has 0 unspecified atom stereocenters. The maximum Gasteiger partial charge on any atom is 0.252 e. The highest BCUT2D eigenvalue weighted by Crippen LogP contribution is 2.31. The summed E-state index contributed by atoms with van der Waals surface area (Å²) < 4.78 is 33.4. The highest BCUT2D eigenvalue weighted by molar-refractivity contribution is 9.11. The molecule has 0 aliphatic carbocycles. The van der Waals surface area contributed by atoms with Crippen LogP contribution in [0.15, 0.2) is 44.4 Å². The van der Waals surface area contributed by atoms with Crippen LogP contribution in [0.4, 0.5) is 0 Å². The summed E-state index contributed by atoms with van der Waals surface area (Å²) in [4.78, 5) is 12.6. The van der Waals surface area contributed by atoms with Gasteiger partial charge in [0.15, 0.2) is 0 Å².